The molecule has 0 aliphatic rings. The van der Waals surface area contributed by atoms with Crippen molar-refractivity contribution in [3.63, 3.8) is 0 Å². The van der Waals surface area contributed by atoms with Gasteiger partial charge in [0.2, 0.25) is 0 Å². The molecule has 26 heavy (non-hydrogen) atoms. The van der Waals surface area contributed by atoms with Crippen molar-refractivity contribution in [1.29, 1.82) is 0 Å². The fourth-order valence-electron chi connectivity index (χ4n) is 2.20. The quantitative estimate of drug-likeness (QED) is 0.511. The average molecular weight is 373 g/mol. The highest BCUT2D eigenvalue weighted by Gasteiger charge is 2.14. The van der Waals surface area contributed by atoms with Crippen LogP contribution in [0.15, 0.2) is 54.6 Å². The number of benzene rings is 2. The van der Waals surface area contributed by atoms with E-state index in [-0.39, 0.29) is 12.5 Å². The van der Waals surface area contributed by atoms with Crippen LogP contribution in [0, 0.1) is 0 Å². The normalized spacial score (nSPS) is 10.2. The molecule has 0 atom stereocenters. The van der Waals surface area contributed by atoms with Crippen molar-refractivity contribution in [3.8, 4) is 5.75 Å². The number of carbonyl (C=O) groups excluding carboxylic acids is 2. The second kappa shape index (κ2) is 11.2. The maximum absolute atomic E-state index is 12.1. The molecular weight excluding hydrogens is 350 g/mol. The number of ether oxygens (including phenoxy) is 2. The Kier molecular flexibility index (Phi) is 8.55. The molecule has 6 heteroatoms. The second-order valence-electron chi connectivity index (χ2n) is 5.39. The van der Waals surface area contributed by atoms with Gasteiger partial charge in [0.1, 0.15) is 11.3 Å². The smallest absolute Gasteiger partial charge is 0.342 e. The molecule has 1 amide bonds. The van der Waals surface area contributed by atoms with Gasteiger partial charge in [-0.1, -0.05) is 42.5 Å². The molecule has 2 rings (SSSR count). The molecule has 0 spiro atoms. The van der Waals surface area contributed by atoms with Crippen molar-refractivity contribution in [2.45, 2.75) is 12.7 Å². The van der Waals surface area contributed by atoms with Crippen molar-refractivity contribution in [1.82, 2.24) is 5.32 Å². The highest BCUT2D eigenvalue weighted by Crippen LogP contribution is 2.18. The number of hydrogen-bond acceptors (Lipinski definition) is 5. The number of para-hydroxylation sites is 1. The number of carbonyl (C=O) groups is 2. The first kappa shape index (κ1) is 19.8. The molecule has 0 bridgehead atoms. The molecule has 0 saturated carbocycles. The molecule has 138 valence electrons. The number of hydrogen-bond donors (Lipinski definition) is 1. The van der Waals surface area contributed by atoms with Gasteiger partial charge in [-0.15, -0.1) is 0 Å². The first-order chi connectivity index (χ1) is 12.7. The number of rotatable bonds is 10. The molecule has 0 aromatic heterocycles. The Morgan fingerprint density at radius 3 is 2.54 bits per heavy atom. The number of esters is 1. The summed E-state index contributed by atoms with van der Waals surface area (Å²) in [4.78, 5) is 23.9. The van der Waals surface area contributed by atoms with Crippen molar-refractivity contribution in [2.24, 2.45) is 0 Å². The highest BCUT2D eigenvalue weighted by atomic mass is 32.2. The molecule has 0 aliphatic heterocycles. The van der Waals surface area contributed by atoms with Crippen LogP contribution in [0.25, 0.3) is 0 Å². The van der Waals surface area contributed by atoms with E-state index in [1.54, 1.807) is 36.0 Å². The minimum absolute atomic E-state index is 0.303. The molecular formula is C20H23NO4S. The molecule has 0 unspecified atom stereocenters. The summed E-state index contributed by atoms with van der Waals surface area (Å²) < 4.78 is 10.5. The average Bonchev–Trinajstić information content (AvgIpc) is 2.67. The summed E-state index contributed by atoms with van der Waals surface area (Å²) in [6.07, 6.45) is 0. The lowest BCUT2D eigenvalue weighted by Gasteiger charge is -2.10. The van der Waals surface area contributed by atoms with Crippen molar-refractivity contribution in [3.05, 3.63) is 65.7 Å². The van der Waals surface area contributed by atoms with E-state index in [4.69, 9.17) is 9.47 Å². The van der Waals surface area contributed by atoms with Gasteiger partial charge in [0.05, 0.1) is 6.61 Å². The number of nitrogens with one attached hydrogen (secondary N) is 1. The Bertz CT molecular complexity index is 706. The Balaban J connectivity index is 1.64. The van der Waals surface area contributed by atoms with Crippen molar-refractivity contribution in [2.75, 3.05) is 25.5 Å². The fourth-order valence-corrected chi connectivity index (χ4v) is 3.02. The van der Waals surface area contributed by atoms with Gasteiger partial charge in [-0.05, 0) is 24.6 Å². The molecule has 2 aromatic carbocycles. The highest BCUT2D eigenvalue weighted by molar-refractivity contribution is 7.98. The molecule has 0 saturated heterocycles. The number of amides is 1. The topological polar surface area (TPSA) is 64.6 Å². The zero-order valence-electron chi connectivity index (χ0n) is 14.8. The van der Waals surface area contributed by atoms with Gasteiger partial charge in [0.25, 0.3) is 5.91 Å². The Labute approximate surface area is 158 Å². The molecule has 0 radical (unpaired) electrons. The van der Waals surface area contributed by atoms with E-state index in [1.807, 2.05) is 25.1 Å². The summed E-state index contributed by atoms with van der Waals surface area (Å²) >= 11 is 1.74. The van der Waals surface area contributed by atoms with Crippen LogP contribution in [0.3, 0.4) is 0 Å². The lowest BCUT2D eigenvalue weighted by molar-refractivity contribution is -0.124. The standard InChI is InChI=1S/C20H23NO4S/c1-2-24-18-11-7-6-10-17(18)20(23)25-14-19(22)21-12-13-26-15-16-8-4-3-5-9-16/h3-11H,2,12-15H2,1H3,(H,21,22). The molecule has 2 aromatic rings. The van der Waals surface area contributed by atoms with Gasteiger partial charge in [0.15, 0.2) is 6.61 Å². The van der Waals surface area contributed by atoms with Gasteiger partial charge in [-0.25, -0.2) is 4.79 Å². The second-order valence-corrected chi connectivity index (χ2v) is 6.50. The van der Waals surface area contributed by atoms with E-state index in [9.17, 15) is 9.59 Å². The lowest BCUT2D eigenvalue weighted by Crippen LogP contribution is -2.30. The maximum Gasteiger partial charge on any atom is 0.342 e. The summed E-state index contributed by atoms with van der Waals surface area (Å²) in [5, 5.41) is 2.75. The number of thioether (sulfide) groups is 1. The molecule has 0 fully saturated rings. The molecule has 5 nitrogen and oxygen atoms in total. The van der Waals surface area contributed by atoms with Gasteiger partial charge in [0, 0.05) is 18.1 Å². The van der Waals surface area contributed by atoms with Crippen molar-refractivity contribution < 1.29 is 19.1 Å². The van der Waals surface area contributed by atoms with Crippen LogP contribution in [-0.2, 0) is 15.3 Å². The molecule has 0 heterocycles. The van der Waals surface area contributed by atoms with Crippen LogP contribution in [0.4, 0.5) is 0 Å². The van der Waals surface area contributed by atoms with Crippen LogP contribution in [-0.4, -0.2) is 37.4 Å². The fraction of sp³-hybridized carbons (Fsp3) is 0.300. The van der Waals surface area contributed by atoms with Gasteiger partial charge >= 0.3 is 5.97 Å². The minimum atomic E-state index is -0.567. The van der Waals surface area contributed by atoms with Crippen LogP contribution >= 0.6 is 11.8 Å². The predicted octanol–water partition coefficient (Wildman–Crippen LogP) is 3.29. The summed E-state index contributed by atoms with van der Waals surface area (Å²) in [6, 6.07) is 17.0. The largest absolute Gasteiger partial charge is 0.493 e. The SMILES string of the molecule is CCOc1ccccc1C(=O)OCC(=O)NCCSCc1ccccc1. The zero-order valence-corrected chi connectivity index (χ0v) is 15.6. The Morgan fingerprint density at radius 1 is 1.04 bits per heavy atom. The van der Waals surface area contributed by atoms with Gasteiger partial charge in [-0.3, -0.25) is 4.79 Å². The summed E-state index contributed by atoms with van der Waals surface area (Å²) in [7, 11) is 0. The maximum atomic E-state index is 12.1. The van der Waals surface area contributed by atoms with E-state index in [0.717, 1.165) is 11.5 Å². The third kappa shape index (κ3) is 6.80. The third-order valence-electron chi connectivity index (χ3n) is 3.42. The summed E-state index contributed by atoms with van der Waals surface area (Å²) in [6.45, 7) is 2.52. The summed E-state index contributed by atoms with van der Waals surface area (Å²) in [5.74, 6) is 1.27. The van der Waals surface area contributed by atoms with Crippen LogP contribution < -0.4 is 10.1 Å². The van der Waals surface area contributed by atoms with Crippen LogP contribution in [0.5, 0.6) is 5.75 Å². The zero-order chi connectivity index (χ0) is 18.6. The molecule has 1 N–H and O–H groups in total. The van der Waals surface area contributed by atoms with E-state index in [0.29, 0.717) is 24.5 Å². The van der Waals surface area contributed by atoms with E-state index in [1.165, 1.54) is 5.56 Å². The summed E-state index contributed by atoms with van der Waals surface area (Å²) in [5.41, 5.74) is 1.58. The van der Waals surface area contributed by atoms with Gasteiger partial charge < -0.3 is 14.8 Å². The van der Waals surface area contributed by atoms with Gasteiger partial charge in [-0.2, -0.15) is 11.8 Å². The lowest BCUT2D eigenvalue weighted by atomic mass is 10.2. The minimum Gasteiger partial charge on any atom is -0.493 e. The Hall–Kier alpha value is -2.47. The van der Waals surface area contributed by atoms with Crippen LogP contribution in [0.2, 0.25) is 0 Å². The first-order valence-electron chi connectivity index (χ1n) is 8.48. The van der Waals surface area contributed by atoms with E-state index < -0.39 is 5.97 Å². The third-order valence-corrected chi connectivity index (χ3v) is 4.45. The van der Waals surface area contributed by atoms with E-state index >= 15 is 0 Å². The molecule has 0 aliphatic carbocycles. The predicted molar refractivity (Wildman–Crippen MR) is 104 cm³/mol. The Morgan fingerprint density at radius 2 is 1.77 bits per heavy atom. The first-order valence-corrected chi connectivity index (χ1v) is 9.63. The van der Waals surface area contributed by atoms with E-state index in [2.05, 4.69) is 17.4 Å². The van der Waals surface area contributed by atoms with Crippen LogP contribution in [0.1, 0.15) is 22.8 Å². The monoisotopic (exact) mass is 373 g/mol. The van der Waals surface area contributed by atoms with Crippen molar-refractivity contribution >= 4 is 23.6 Å².